The monoisotopic (exact) mass is 368 g/mol. The van der Waals surface area contributed by atoms with E-state index in [1.54, 1.807) is 36.4 Å². The number of rotatable bonds is 6. The van der Waals surface area contributed by atoms with Crippen LogP contribution in [0.2, 0.25) is 0 Å². The summed E-state index contributed by atoms with van der Waals surface area (Å²) in [4.78, 5) is 34.2. The Labute approximate surface area is 155 Å². The maximum Gasteiger partial charge on any atom is 0.329 e. The number of aliphatic carboxylic acids is 1. The van der Waals surface area contributed by atoms with Gasteiger partial charge in [0.05, 0.1) is 12.2 Å². The van der Waals surface area contributed by atoms with Gasteiger partial charge < -0.3 is 20.0 Å². The molecule has 0 heterocycles. The molecule has 0 saturated carbocycles. The zero-order chi connectivity index (χ0) is 19.8. The van der Waals surface area contributed by atoms with Crippen LogP contribution in [0.25, 0.3) is 0 Å². The number of anilines is 1. The number of carbonyl (C=O) groups excluding carboxylic acids is 3. The zero-order valence-corrected chi connectivity index (χ0v) is 14.8. The lowest BCUT2D eigenvalue weighted by atomic mass is 10.1. The second kappa shape index (κ2) is 9.14. The van der Waals surface area contributed by atoms with E-state index in [2.05, 4.69) is 15.8 Å². The van der Waals surface area contributed by atoms with Crippen molar-refractivity contribution in [2.75, 3.05) is 11.9 Å². The molecule has 2 aromatic rings. The van der Waals surface area contributed by atoms with E-state index in [-0.39, 0.29) is 5.75 Å². The summed E-state index contributed by atoms with van der Waals surface area (Å²) in [6, 6.07) is 11.8. The number of benzene rings is 2. The molecule has 0 aliphatic heterocycles. The van der Waals surface area contributed by atoms with Gasteiger partial charge in [0.25, 0.3) is 0 Å². The number of ether oxygens (including phenoxy) is 1. The van der Waals surface area contributed by atoms with Crippen LogP contribution in [-0.4, -0.2) is 30.6 Å². The minimum absolute atomic E-state index is 0.249. The number of carbonyl (C=O) groups is 3. The van der Waals surface area contributed by atoms with Crippen molar-refractivity contribution in [1.82, 2.24) is 5.43 Å². The van der Waals surface area contributed by atoms with Crippen molar-refractivity contribution in [2.24, 2.45) is 5.10 Å². The van der Waals surface area contributed by atoms with Crippen LogP contribution in [0.5, 0.6) is 5.75 Å². The average Bonchev–Trinajstić information content (AvgIpc) is 2.63. The molecule has 140 valence electrons. The molecule has 2 aromatic carbocycles. The van der Waals surface area contributed by atoms with Gasteiger partial charge in [-0.25, -0.2) is 5.43 Å². The molecule has 0 saturated heterocycles. The summed E-state index contributed by atoms with van der Waals surface area (Å²) in [6.45, 7) is 3.22. The Balaban J connectivity index is 1.95. The van der Waals surface area contributed by atoms with E-state index < -0.39 is 24.4 Å². The Morgan fingerprint density at radius 1 is 1.07 bits per heavy atom. The second-order valence-corrected chi connectivity index (χ2v) is 5.65. The number of carboxylic acids is 1. The third-order valence-electron chi connectivity index (χ3n) is 3.61. The maximum absolute atomic E-state index is 11.9. The number of carboxylic acid groups (broad SMARTS) is 1. The third-order valence-corrected chi connectivity index (χ3v) is 3.61. The Kier molecular flexibility index (Phi) is 6.65. The Morgan fingerprint density at radius 3 is 2.52 bits per heavy atom. The topological polar surface area (TPSA) is 120 Å². The number of aryl methyl sites for hydroxylation is 2. The summed E-state index contributed by atoms with van der Waals surface area (Å²) in [5, 5.41) is 16.7. The first-order valence-electron chi connectivity index (χ1n) is 8.00. The fraction of sp³-hybridized carbons (Fsp3) is 0.158. The van der Waals surface area contributed by atoms with Crippen molar-refractivity contribution in [2.45, 2.75) is 13.8 Å². The maximum atomic E-state index is 11.9. The molecule has 0 spiro atoms. The number of hydrogen-bond donors (Lipinski definition) is 2. The van der Waals surface area contributed by atoms with Gasteiger partial charge in [-0.15, -0.1) is 0 Å². The van der Waals surface area contributed by atoms with Crippen LogP contribution in [-0.2, 0) is 14.4 Å². The van der Waals surface area contributed by atoms with Crippen molar-refractivity contribution >= 4 is 29.7 Å². The van der Waals surface area contributed by atoms with Crippen LogP contribution >= 0.6 is 0 Å². The van der Waals surface area contributed by atoms with E-state index in [4.69, 9.17) is 4.74 Å². The predicted octanol–water partition coefficient (Wildman–Crippen LogP) is 0.521. The zero-order valence-electron chi connectivity index (χ0n) is 14.8. The molecule has 2 N–H and O–H groups in total. The summed E-state index contributed by atoms with van der Waals surface area (Å²) in [6.07, 6.45) is 1.24. The van der Waals surface area contributed by atoms with Crippen LogP contribution in [0.15, 0.2) is 47.6 Å². The quantitative estimate of drug-likeness (QED) is 0.438. The summed E-state index contributed by atoms with van der Waals surface area (Å²) >= 11 is 0. The van der Waals surface area contributed by atoms with E-state index >= 15 is 0 Å². The molecule has 0 atom stereocenters. The van der Waals surface area contributed by atoms with Crippen molar-refractivity contribution in [3.8, 4) is 5.75 Å². The lowest BCUT2D eigenvalue weighted by Crippen LogP contribution is -2.32. The first-order chi connectivity index (χ1) is 12.9. The normalized spacial score (nSPS) is 10.4. The highest BCUT2D eigenvalue weighted by molar-refractivity contribution is 6.39. The minimum Gasteiger partial charge on any atom is -0.546 e. The lowest BCUT2D eigenvalue weighted by Gasteiger charge is -2.09. The van der Waals surface area contributed by atoms with E-state index in [1.807, 2.05) is 19.9 Å². The standard InChI is InChI=1S/C19H19N3O5/c1-12-7-8-15(9-13(12)2)21-18(25)19(26)22-20-10-14-5-3-4-6-16(14)27-11-17(23)24/h3-10H,11H2,1-2H3,(H,21,25)(H,22,26)(H,23,24)/p-1/b20-10-. The molecule has 0 unspecified atom stereocenters. The molecule has 0 aliphatic carbocycles. The lowest BCUT2D eigenvalue weighted by molar-refractivity contribution is -0.307. The van der Waals surface area contributed by atoms with Crippen molar-refractivity contribution in [3.63, 3.8) is 0 Å². The van der Waals surface area contributed by atoms with Gasteiger partial charge in [-0.3, -0.25) is 9.59 Å². The van der Waals surface area contributed by atoms with Gasteiger partial charge in [-0.2, -0.15) is 5.10 Å². The number of nitrogens with one attached hydrogen (secondary N) is 2. The largest absolute Gasteiger partial charge is 0.546 e. The van der Waals surface area contributed by atoms with Gasteiger partial charge in [0.2, 0.25) is 0 Å². The van der Waals surface area contributed by atoms with Crippen LogP contribution in [0.4, 0.5) is 5.69 Å². The molecule has 0 bridgehead atoms. The molecular formula is C19H18N3O5-. The average molecular weight is 368 g/mol. The first kappa shape index (κ1) is 19.6. The predicted molar refractivity (Wildman–Crippen MR) is 97.2 cm³/mol. The van der Waals surface area contributed by atoms with Crippen LogP contribution < -0.4 is 20.6 Å². The molecular weight excluding hydrogens is 350 g/mol. The van der Waals surface area contributed by atoms with E-state index in [1.165, 1.54) is 6.21 Å². The summed E-state index contributed by atoms with van der Waals surface area (Å²) in [7, 11) is 0. The fourth-order valence-electron chi connectivity index (χ4n) is 2.07. The van der Waals surface area contributed by atoms with Gasteiger partial charge in [-0.1, -0.05) is 18.2 Å². The van der Waals surface area contributed by atoms with Crippen molar-refractivity contribution in [3.05, 3.63) is 59.2 Å². The molecule has 2 rings (SSSR count). The minimum atomic E-state index is -1.36. The van der Waals surface area contributed by atoms with Gasteiger partial charge in [0.15, 0.2) is 0 Å². The van der Waals surface area contributed by atoms with Crippen LogP contribution in [0.3, 0.4) is 0 Å². The first-order valence-corrected chi connectivity index (χ1v) is 8.00. The van der Waals surface area contributed by atoms with E-state index in [9.17, 15) is 19.5 Å². The molecule has 2 amide bonds. The van der Waals surface area contributed by atoms with Gasteiger partial charge in [0, 0.05) is 11.3 Å². The fourth-order valence-corrected chi connectivity index (χ4v) is 2.07. The summed E-state index contributed by atoms with van der Waals surface area (Å²) in [5.41, 5.74) is 5.09. The number of para-hydroxylation sites is 1. The van der Waals surface area contributed by atoms with Gasteiger partial charge in [-0.05, 0) is 49.2 Å². The smallest absolute Gasteiger partial charge is 0.329 e. The summed E-state index contributed by atoms with van der Waals surface area (Å²) in [5.74, 6) is -2.92. The van der Waals surface area contributed by atoms with Crippen molar-refractivity contribution in [1.29, 1.82) is 0 Å². The van der Waals surface area contributed by atoms with E-state index in [0.29, 0.717) is 11.3 Å². The number of hydrazone groups is 1. The van der Waals surface area contributed by atoms with Crippen LogP contribution in [0, 0.1) is 13.8 Å². The Bertz CT molecular complexity index is 893. The molecule has 0 aliphatic rings. The number of hydrogen-bond acceptors (Lipinski definition) is 6. The summed E-state index contributed by atoms with van der Waals surface area (Å²) < 4.78 is 5.06. The highest BCUT2D eigenvalue weighted by atomic mass is 16.5. The Morgan fingerprint density at radius 2 is 1.81 bits per heavy atom. The SMILES string of the molecule is Cc1ccc(NC(=O)C(=O)N/N=C\c2ccccc2OCC(=O)[O-])cc1C. The number of nitrogens with zero attached hydrogens (tertiary/aromatic N) is 1. The number of amides is 2. The van der Waals surface area contributed by atoms with E-state index in [0.717, 1.165) is 11.1 Å². The molecule has 8 heteroatoms. The second-order valence-electron chi connectivity index (χ2n) is 5.65. The molecule has 8 nitrogen and oxygen atoms in total. The third kappa shape index (κ3) is 5.96. The molecule has 0 fully saturated rings. The van der Waals surface area contributed by atoms with Gasteiger partial charge in [0.1, 0.15) is 12.4 Å². The molecule has 0 aromatic heterocycles. The molecule has 27 heavy (non-hydrogen) atoms. The highest BCUT2D eigenvalue weighted by Gasteiger charge is 2.13. The highest BCUT2D eigenvalue weighted by Crippen LogP contribution is 2.16. The van der Waals surface area contributed by atoms with Gasteiger partial charge >= 0.3 is 11.8 Å². The van der Waals surface area contributed by atoms with Crippen LogP contribution in [0.1, 0.15) is 16.7 Å². The molecule has 0 radical (unpaired) electrons. The Hall–Kier alpha value is -3.68. The van der Waals surface area contributed by atoms with Crippen molar-refractivity contribution < 1.29 is 24.2 Å².